The lowest BCUT2D eigenvalue weighted by atomic mass is 10.6. The van der Waals surface area contributed by atoms with Gasteiger partial charge in [-0.05, 0) is 10.9 Å². The SMILES string of the molecule is [O-][n+]1nc(Cl)ccc1S. The summed E-state index contributed by atoms with van der Waals surface area (Å²) in [5.41, 5.74) is 0. The van der Waals surface area contributed by atoms with Crippen molar-refractivity contribution in [3.8, 4) is 0 Å². The van der Waals surface area contributed by atoms with Gasteiger partial charge in [-0.25, -0.2) is 0 Å². The van der Waals surface area contributed by atoms with Crippen molar-refractivity contribution in [3.63, 3.8) is 0 Å². The van der Waals surface area contributed by atoms with Gasteiger partial charge in [0.1, 0.15) is 0 Å². The van der Waals surface area contributed by atoms with E-state index in [0.717, 1.165) is 0 Å². The predicted molar refractivity (Wildman–Crippen MR) is 35.5 cm³/mol. The van der Waals surface area contributed by atoms with Crippen molar-refractivity contribution in [2.24, 2.45) is 0 Å². The molecule has 0 aromatic carbocycles. The number of nitrogens with zero attached hydrogens (tertiary/aromatic N) is 2. The van der Waals surface area contributed by atoms with Crippen LogP contribution in [0.5, 0.6) is 0 Å². The van der Waals surface area contributed by atoms with E-state index in [9.17, 15) is 5.21 Å². The molecule has 0 spiro atoms. The minimum Gasteiger partial charge on any atom is -0.593 e. The zero-order chi connectivity index (χ0) is 6.85. The molecule has 0 aliphatic rings. The van der Waals surface area contributed by atoms with E-state index in [4.69, 9.17) is 11.6 Å². The average Bonchev–Trinajstić information content (AvgIpc) is 1.80. The maximum Gasteiger partial charge on any atom is 0.276 e. The molecule has 3 nitrogen and oxygen atoms in total. The first-order valence-electron chi connectivity index (χ1n) is 2.15. The molecule has 0 bridgehead atoms. The molecule has 5 heteroatoms. The number of halogens is 1. The third kappa shape index (κ3) is 1.46. The van der Waals surface area contributed by atoms with Gasteiger partial charge in [0.05, 0.1) is 0 Å². The summed E-state index contributed by atoms with van der Waals surface area (Å²) in [6.45, 7) is 0. The van der Waals surface area contributed by atoms with Crippen LogP contribution in [0.3, 0.4) is 0 Å². The fraction of sp³-hybridized carbons (Fsp3) is 0. The Morgan fingerprint density at radius 3 is 2.78 bits per heavy atom. The number of rotatable bonds is 0. The largest absolute Gasteiger partial charge is 0.593 e. The molecule has 0 N–H and O–H groups in total. The van der Waals surface area contributed by atoms with Crippen LogP contribution in [-0.4, -0.2) is 5.10 Å². The van der Waals surface area contributed by atoms with Crippen molar-refractivity contribution in [2.75, 3.05) is 0 Å². The normalized spacial score (nSPS) is 9.56. The van der Waals surface area contributed by atoms with Crippen LogP contribution in [0.2, 0.25) is 5.15 Å². The van der Waals surface area contributed by atoms with Gasteiger partial charge in [0.2, 0.25) is 0 Å². The molecule has 1 rings (SSSR count). The predicted octanol–water partition coefficient (Wildman–Crippen LogP) is 0.657. The second-order valence-electron chi connectivity index (χ2n) is 1.39. The summed E-state index contributed by atoms with van der Waals surface area (Å²) >= 11 is 9.13. The molecular weight excluding hydrogens is 160 g/mol. The van der Waals surface area contributed by atoms with Crippen molar-refractivity contribution in [1.82, 2.24) is 5.10 Å². The Kier molecular flexibility index (Phi) is 1.78. The third-order valence-corrected chi connectivity index (χ3v) is 1.27. The lowest BCUT2D eigenvalue weighted by molar-refractivity contribution is -0.706. The summed E-state index contributed by atoms with van der Waals surface area (Å²) in [5, 5.41) is 14.2. The Morgan fingerprint density at radius 2 is 2.33 bits per heavy atom. The summed E-state index contributed by atoms with van der Waals surface area (Å²) < 4.78 is 0. The minimum atomic E-state index is 0.169. The highest BCUT2D eigenvalue weighted by atomic mass is 35.5. The first-order valence-corrected chi connectivity index (χ1v) is 2.98. The summed E-state index contributed by atoms with van der Waals surface area (Å²) in [6.07, 6.45) is 0. The van der Waals surface area contributed by atoms with E-state index < -0.39 is 0 Å². The van der Waals surface area contributed by atoms with Crippen LogP contribution < -0.4 is 4.85 Å². The lowest BCUT2D eigenvalue weighted by Gasteiger charge is -1.93. The number of aromatic nitrogens is 2. The van der Waals surface area contributed by atoms with Crippen LogP contribution in [-0.2, 0) is 0 Å². The number of hydrogen-bond acceptors (Lipinski definition) is 3. The van der Waals surface area contributed by atoms with Crippen LogP contribution in [0.1, 0.15) is 0 Å². The Balaban J connectivity index is 3.17. The van der Waals surface area contributed by atoms with Crippen LogP contribution in [0, 0.1) is 5.21 Å². The van der Waals surface area contributed by atoms with Gasteiger partial charge in [-0.1, -0.05) is 24.2 Å². The van der Waals surface area contributed by atoms with E-state index in [2.05, 4.69) is 17.7 Å². The van der Waals surface area contributed by atoms with Gasteiger partial charge in [-0.3, -0.25) is 0 Å². The zero-order valence-corrected chi connectivity index (χ0v) is 5.93. The van der Waals surface area contributed by atoms with Gasteiger partial charge in [0, 0.05) is 11.2 Å². The lowest BCUT2D eigenvalue weighted by Crippen LogP contribution is -2.32. The van der Waals surface area contributed by atoms with E-state index in [-0.39, 0.29) is 10.2 Å². The fourth-order valence-electron chi connectivity index (χ4n) is 0.378. The summed E-state index contributed by atoms with van der Waals surface area (Å²) in [6, 6.07) is 2.98. The molecular formula is C4H3ClN2OS. The first kappa shape index (κ1) is 6.64. The van der Waals surface area contributed by atoms with Gasteiger partial charge in [0.15, 0.2) is 5.15 Å². The molecule has 0 aliphatic carbocycles. The Morgan fingerprint density at radius 1 is 1.67 bits per heavy atom. The molecule has 0 radical (unpaired) electrons. The van der Waals surface area contributed by atoms with E-state index in [0.29, 0.717) is 4.85 Å². The van der Waals surface area contributed by atoms with Crippen molar-refractivity contribution >= 4 is 24.2 Å². The number of hydrogen-bond donors (Lipinski definition) is 1. The highest BCUT2D eigenvalue weighted by molar-refractivity contribution is 7.80. The van der Waals surface area contributed by atoms with Crippen molar-refractivity contribution in [2.45, 2.75) is 5.03 Å². The van der Waals surface area contributed by atoms with Crippen LogP contribution >= 0.6 is 24.2 Å². The maximum absolute atomic E-state index is 10.5. The van der Waals surface area contributed by atoms with Crippen molar-refractivity contribution < 1.29 is 4.85 Å². The molecule has 1 aromatic rings. The Labute approximate surface area is 62.3 Å². The molecule has 1 heterocycles. The minimum absolute atomic E-state index is 0.169. The summed E-state index contributed by atoms with van der Waals surface area (Å²) in [5.74, 6) is 0. The summed E-state index contributed by atoms with van der Waals surface area (Å²) in [4.78, 5) is 0.353. The van der Waals surface area contributed by atoms with Crippen molar-refractivity contribution in [3.05, 3.63) is 22.5 Å². The smallest absolute Gasteiger partial charge is 0.276 e. The van der Waals surface area contributed by atoms with Crippen LogP contribution in [0.15, 0.2) is 17.2 Å². The molecule has 0 amide bonds. The molecule has 0 fully saturated rings. The molecule has 0 aliphatic heterocycles. The molecule has 0 atom stereocenters. The van der Waals surface area contributed by atoms with E-state index in [1.54, 1.807) is 0 Å². The van der Waals surface area contributed by atoms with Crippen molar-refractivity contribution in [1.29, 1.82) is 0 Å². The first-order chi connectivity index (χ1) is 4.20. The highest BCUT2D eigenvalue weighted by Crippen LogP contribution is 2.02. The topological polar surface area (TPSA) is 39.8 Å². The Bertz CT molecular complexity index is 230. The van der Waals surface area contributed by atoms with Crippen LogP contribution in [0.25, 0.3) is 0 Å². The van der Waals surface area contributed by atoms with Gasteiger partial charge >= 0.3 is 0 Å². The zero-order valence-electron chi connectivity index (χ0n) is 4.28. The van der Waals surface area contributed by atoms with Gasteiger partial charge in [-0.15, -0.1) is 0 Å². The standard InChI is InChI=1S/C4H3ClN2OS/c5-3-1-2-4(9)7(8)6-3/h1-2,9H. The quantitative estimate of drug-likeness (QED) is 0.346. The van der Waals surface area contributed by atoms with E-state index in [1.165, 1.54) is 12.1 Å². The van der Waals surface area contributed by atoms with Gasteiger partial charge < -0.3 is 5.21 Å². The average molecular weight is 163 g/mol. The third-order valence-electron chi connectivity index (χ3n) is 0.752. The monoisotopic (exact) mass is 162 g/mol. The highest BCUT2D eigenvalue weighted by Gasteiger charge is 1.99. The fourth-order valence-corrected chi connectivity index (χ4v) is 0.629. The second kappa shape index (κ2) is 2.41. The molecule has 0 saturated heterocycles. The second-order valence-corrected chi connectivity index (χ2v) is 2.23. The summed E-state index contributed by atoms with van der Waals surface area (Å²) in [7, 11) is 0. The molecule has 48 valence electrons. The van der Waals surface area contributed by atoms with Crippen LogP contribution in [0.4, 0.5) is 0 Å². The maximum atomic E-state index is 10.5. The molecule has 1 aromatic heterocycles. The molecule has 9 heavy (non-hydrogen) atoms. The Hall–Kier alpha value is -0.480. The van der Waals surface area contributed by atoms with Gasteiger partial charge in [-0.2, -0.15) is 0 Å². The molecule has 0 saturated carbocycles. The van der Waals surface area contributed by atoms with E-state index in [1.807, 2.05) is 0 Å². The van der Waals surface area contributed by atoms with Gasteiger partial charge in [0.25, 0.3) is 5.03 Å². The van der Waals surface area contributed by atoms with E-state index >= 15 is 0 Å². The number of thiol groups is 1. The molecule has 0 unspecified atom stereocenters.